The topological polar surface area (TPSA) is 101 Å². The number of hydrogen-bond donors (Lipinski definition) is 1. The Morgan fingerprint density at radius 3 is 2.54 bits per heavy atom. The molecule has 2 fully saturated rings. The number of hydrogen-bond acceptors (Lipinski definition) is 9. The number of aromatic nitrogens is 4. The largest absolute Gasteiger partial charge is 0.493 e. The van der Waals surface area contributed by atoms with E-state index in [1.54, 1.807) is 20.2 Å². The number of aryl methyl sites for hydroxylation is 1. The molecule has 0 bridgehead atoms. The van der Waals surface area contributed by atoms with Gasteiger partial charge in [-0.05, 0) is 87.8 Å². The number of aromatic amines is 1. The molecule has 46 heavy (non-hydrogen) atoms. The second kappa shape index (κ2) is 16.4. The third-order valence-electron chi connectivity index (χ3n) is 9.31. The highest BCUT2D eigenvalue weighted by molar-refractivity contribution is 5.71. The zero-order chi connectivity index (χ0) is 32.4. The zero-order valence-corrected chi connectivity index (χ0v) is 28.2. The van der Waals surface area contributed by atoms with Crippen molar-refractivity contribution in [1.29, 1.82) is 0 Å². The Kier molecular flexibility index (Phi) is 12.1. The van der Waals surface area contributed by atoms with Crippen LogP contribution in [0.3, 0.4) is 0 Å². The highest BCUT2D eigenvalue weighted by Gasteiger charge is 2.40. The number of carbonyl (C=O) groups is 1. The Labute approximate surface area is 274 Å². The summed E-state index contributed by atoms with van der Waals surface area (Å²) in [5.41, 5.74) is 1.56. The van der Waals surface area contributed by atoms with E-state index in [0.717, 1.165) is 42.6 Å². The minimum Gasteiger partial charge on any atom is -0.493 e. The smallest absolute Gasteiger partial charge is 0.344 e. The van der Waals surface area contributed by atoms with Crippen molar-refractivity contribution in [2.75, 3.05) is 59.6 Å². The number of H-pyrrole nitrogens is 1. The lowest BCUT2D eigenvalue weighted by atomic mass is 9.77. The van der Waals surface area contributed by atoms with Gasteiger partial charge >= 0.3 is 5.97 Å². The van der Waals surface area contributed by atoms with Gasteiger partial charge in [0.15, 0.2) is 18.1 Å². The molecule has 4 heterocycles. The summed E-state index contributed by atoms with van der Waals surface area (Å²) >= 11 is 0. The summed E-state index contributed by atoms with van der Waals surface area (Å²) in [6.45, 7) is 16.8. The molecular weight excluding hydrogens is 582 g/mol. The third kappa shape index (κ3) is 9.56. The van der Waals surface area contributed by atoms with E-state index in [0.29, 0.717) is 43.2 Å². The van der Waals surface area contributed by atoms with E-state index in [1.807, 2.05) is 30.6 Å². The number of esters is 1. The summed E-state index contributed by atoms with van der Waals surface area (Å²) in [7, 11) is 1.59. The van der Waals surface area contributed by atoms with Gasteiger partial charge in [-0.3, -0.25) is 4.90 Å². The molecule has 3 aromatic rings. The number of benzene rings is 1. The van der Waals surface area contributed by atoms with Gasteiger partial charge in [-0.1, -0.05) is 19.9 Å². The van der Waals surface area contributed by atoms with Gasteiger partial charge in [-0.15, -0.1) is 0 Å². The van der Waals surface area contributed by atoms with E-state index in [1.165, 1.54) is 52.0 Å². The summed E-state index contributed by atoms with van der Waals surface area (Å²) in [5.74, 6) is 3.35. The van der Waals surface area contributed by atoms with E-state index >= 15 is 0 Å². The predicted octanol–water partition coefficient (Wildman–Crippen LogP) is 4.59. The van der Waals surface area contributed by atoms with Gasteiger partial charge < -0.3 is 33.6 Å². The Morgan fingerprint density at radius 2 is 1.83 bits per heavy atom. The fraction of sp³-hybridized carbons (Fsp3) is 0.629. The number of ether oxygens (including phenoxy) is 3. The Morgan fingerprint density at radius 1 is 1.02 bits per heavy atom. The molecule has 2 aliphatic heterocycles. The second-order valence-electron chi connectivity index (χ2n) is 13.4. The molecule has 0 saturated carbocycles. The lowest BCUT2D eigenvalue weighted by Gasteiger charge is -2.40. The first kappa shape index (κ1) is 33.9. The second-order valence-corrected chi connectivity index (χ2v) is 13.4. The molecule has 0 radical (unpaired) electrons. The summed E-state index contributed by atoms with van der Waals surface area (Å²) in [6, 6.07) is 5.82. The van der Waals surface area contributed by atoms with E-state index in [2.05, 4.69) is 49.3 Å². The van der Waals surface area contributed by atoms with Gasteiger partial charge in [0.1, 0.15) is 11.6 Å². The van der Waals surface area contributed by atoms with Crippen molar-refractivity contribution in [2.24, 2.45) is 11.3 Å². The maximum Gasteiger partial charge on any atom is 0.344 e. The van der Waals surface area contributed by atoms with Gasteiger partial charge in [0.25, 0.3) is 0 Å². The first-order chi connectivity index (χ1) is 22.3. The molecule has 11 nitrogen and oxygen atoms in total. The Balaban J connectivity index is 1.17. The molecule has 0 aliphatic carbocycles. The van der Waals surface area contributed by atoms with Gasteiger partial charge in [-0.25, -0.2) is 14.8 Å². The summed E-state index contributed by atoms with van der Waals surface area (Å²) < 4.78 is 18.6. The lowest BCUT2D eigenvalue weighted by molar-refractivity contribution is -0.145. The molecule has 11 heteroatoms. The van der Waals surface area contributed by atoms with Crippen LogP contribution in [0.4, 0.5) is 0 Å². The van der Waals surface area contributed by atoms with Gasteiger partial charge in [0.05, 0.1) is 26.8 Å². The molecule has 2 aromatic heterocycles. The van der Waals surface area contributed by atoms with Crippen molar-refractivity contribution in [3.8, 4) is 11.5 Å². The lowest BCUT2D eigenvalue weighted by Crippen LogP contribution is -2.42. The van der Waals surface area contributed by atoms with Gasteiger partial charge in [0.2, 0.25) is 0 Å². The van der Waals surface area contributed by atoms with Crippen LogP contribution in [0.15, 0.2) is 43.0 Å². The standard InChI is InChI=1S/C35H53N7O4/c1-5-45-34(43)26-46-31-21-29(7-8-30(31)44-4)23-41(24-32-36-12-13-37-32)25-33-38-14-20-42(33)16-6-15-40-19-11-35(27-40)9-17-39(18-10-35)22-28(2)3/h7-8,12-14,20-21,28H,5-6,9-11,15-19,22-27H2,1-4H3,(H,36,37). The van der Waals surface area contributed by atoms with Crippen LogP contribution in [0.1, 0.15) is 63.7 Å². The summed E-state index contributed by atoms with van der Waals surface area (Å²) in [5, 5.41) is 0. The minimum absolute atomic E-state index is 0.170. The van der Waals surface area contributed by atoms with E-state index in [-0.39, 0.29) is 6.61 Å². The van der Waals surface area contributed by atoms with Crippen molar-refractivity contribution in [1.82, 2.24) is 34.2 Å². The van der Waals surface area contributed by atoms with Crippen molar-refractivity contribution < 1.29 is 19.0 Å². The van der Waals surface area contributed by atoms with Crippen molar-refractivity contribution in [3.63, 3.8) is 0 Å². The highest BCUT2D eigenvalue weighted by atomic mass is 16.6. The number of nitrogens with zero attached hydrogens (tertiary/aromatic N) is 6. The summed E-state index contributed by atoms with van der Waals surface area (Å²) in [4.78, 5) is 32.1. The van der Waals surface area contributed by atoms with E-state index < -0.39 is 5.97 Å². The number of nitrogens with one attached hydrogen (secondary N) is 1. The van der Waals surface area contributed by atoms with Crippen LogP contribution in [0, 0.1) is 11.3 Å². The number of piperidine rings is 1. The SMILES string of the molecule is CCOC(=O)COc1cc(CN(Cc2ncc[nH]2)Cc2nccn2CCCN2CCC3(CCN(CC(C)C)CC3)C2)ccc1OC. The molecule has 2 aliphatic rings. The Bertz CT molecular complexity index is 1350. The first-order valence-electron chi connectivity index (χ1n) is 17.0. The van der Waals surface area contributed by atoms with Crippen molar-refractivity contribution in [3.05, 3.63) is 60.2 Å². The van der Waals surface area contributed by atoms with Crippen LogP contribution in [0.5, 0.6) is 11.5 Å². The number of likely N-dealkylation sites (tertiary alicyclic amines) is 2. The van der Waals surface area contributed by atoms with Crippen LogP contribution in [0.25, 0.3) is 0 Å². The van der Waals surface area contributed by atoms with E-state index in [4.69, 9.17) is 19.2 Å². The number of rotatable bonds is 17. The number of methoxy groups -OCH3 is 1. The monoisotopic (exact) mass is 635 g/mol. The predicted molar refractivity (Wildman–Crippen MR) is 178 cm³/mol. The third-order valence-corrected chi connectivity index (χ3v) is 9.31. The Hall–Kier alpha value is -3.41. The van der Waals surface area contributed by atoms with Crippen molar-refractivity contribution >= 4 is 5.97 Å². The summed E-state index contributed by atoms with van der Waals surface area (Å²) in [6.07, 6.45) is 12.8. The van der Waals surface area contributed by atoms with Crippen LogP contribution >= 0.6 is 0 Å². The molecule has 0 unspecified atom stereocenters. The molecule has 1 N–H and O–H groups in total. The minimum atomic E-state index is -0.409. The average Bonchev–Trinajstić information content (AvgIpc) is 3.80. The quantitative estimate of drug-likeness (QED) is 0.214. The molecule has 252 valence electrons. The first-order valence-corrected chi connectivity index (χ1v) is 17.0. The maximum atomic E-state index is 11.9. The molecule has 0 atom stereocenters. The molecule has 1 aromatic carbocycles. The van der Waals surface area contributed by atoms with Crippen LogP contribution in [-0.2, 0) is 35.7 Å². The van der Waals surface area contributed by atoms with Crippen molar-refractivity contribution in [2.45, 2.75) is 72.6 Å². The maximum absolute atomic E-state index is 11.9. The van der Waals surface area contributed by atoms with Gasteiger partial charge in [0, 0.05) is 51.0 Å². The van der Waals surface area contributed by atoms with Gasteiger partial charge in [-0.2, -0.15) is 0 Å². The number of carbonyl (C=O) groups excluding carboxylic acids is 1. The molecular formula is C35H53N7O4. The molecule has 0 amide bonds. The fourth-order valence-electron chi connectivity index (χ4n) is 7.01. The molecule has 2 saturated heterocycles. The van der Waals surface area contributed by atoms with E-state index in [9.17, 15) is 4.79 Å². The average molecular weight is 636 g/mol. The molecule has 1 spiro atoms. The number of imidazole rings is 2. The van der Waals surface area contributed by atoms with Crippen LogP contribution < -0.4 is 9.47 Å². The fourth-order valence-corrected chi connectivity index (χ4v) is 7.01. The van der Waals surface area contributed by atoms with Crippen LogP contribution in [0.2, 0.25) is 0 Å². The zero-order valence-electron chi connectivity index (χ0n) is 28.2. The molecule has 5 rings (SSSR count). The highest BCUT2D eigenvalue weighted by Crippen LogP contribution is 2.40. The van der Waals surface area contributed by atoms with Crippen LogP contribution in [-0.4, -0.2) is 99.8 Å². The normalized spacial score (nSPS) is 16.9.